The Balaban J connectivity index is 0.00000833. The molecule has 0 saturated carbocycles. The van der Waals surface area contributed by atoms with E-state index in [-0.39, 0.29) is 42.9 Å². The van der Waals surface area contributed by atoms with E-state index in [4.69, 9.17) is 4.74 Å². The van der Waals surface area contributed by atoms with Crippen LogP contribution in [0.3, 0.4) is 0 Å². The quantitative estimate of drug-likeness (QED) is 0.0677. The van der Waals surface area contributed by atoms with Crippen LogP contribution in [0.25, 0.3) is 10.9 Å². The Morgan fingerprint density at radius 2 is 1.45 bits per heavy atom. The molecule has 1 unspecified atom stereocenters. The summed E-state index contributed by atoms with van der Waals surface area (Å²) in [5.74, 6) is 0.467. The van der Waals surface area contributed by atoms with Crippen LogP contribution in [0.5, 0.6) is 0 Å². The van der Waals surface area contributed by atoms with Crippen LogP contribution >= 0.6 is 0 Å². The second-order valence-electron chi connectivity index (χ2n) is 12.9. The fraction of sp³-hybridized carbons (Fsp3) is 0.694. The number of carbonyl (C=O) groups is 1. The molecule has 49 heavy (non-hydrogen) atoms. The van der Waals surface area contributed by atoms with Crippen molar-refractivity contribution in [1.29, 1.82) is 0 Å². The number of pyridine rings is 1. The molecule has 0 fully saturated rings. The van der Waals surface area contributed by atoms with Gasteiger partial charge in [-0.25, -0.2) is 22.6 Å². The van der Waals surface area contributed by atoms with Crippen molar-refractivity contribution in [1.82, 2.24) is 30.2 Å². The molecule has 2 N–H and O–H groups in total. The normalized spacial score (nSPS) is 12.1. The van der Waals surface area contributed by atoms with Crippen molar-refractivity contribution in [2.24, 2.45) is 0 Å². The van der Waals surface area contributed by atoms with Crippen LogP contribution in [-0.4, -0.2) is 60.2 Å². The van der Waals surface area contributed by atoms with Crippen molar-refractivity contribution in [3.05, 3.63) is 48.4 Å². The van der Waals surface area contributed by atoms with Gasteiger partial charge in [0.05, 0.1) is 5.75 Å². The Hall–Kier alpha value is -2.39. The highest BCUT2D eigenvalue weighted by molar-refractivity contribution is 7.89. The van der Waals surface area contributed by atoms with Gasteiger partial charge in [0.25, 0.3) is 0 Å². The molecule has 0 saturated heterocycles. The van der Waals surface area contributed by atoms with Gasteiger partial charge >= 0.3 is 6.09 Å². The Morgan fingerprint density at radius 3 is 2.06 bits per heavy atom. The number of fused-ring (bicyclic) bond motifs is 1. The van der Waals surface area contributed by atoms with Gasteiger partial charge in [-0.15, -0.1) is 5.10 Å². The minimum atomic E-state index is -3.58. The minimum Gasteiger partial charge on any atom is -1.00 e. The first kappa shape index (κ1) is 42.8. The standard InChI is InChI=1S/C36H59N7O4S.HI/c1-3-4-5-6-7-8-9-10-11-12-13-14-15-16-17-20-26-37-36(44)47-31-34(43-32(2)39-40-41-43)30-38-48(45,46)29-22-28-42-27-21-24-33-23-18-19-25-35(33)42;/h18-19,21,23-25,27,34,38H,3-17,20,22,26,28-31H2,1-2H3;1H. The van der Waals surface area contributed by atoms with E-state index in [1.807, 2.05) is 42.6 Å². The molecule has 276 valence electrons. The zero-order valence-electron chi connectivity index (χ0n) is 29.8. The number of nitrogens with one attached hydrogen (secondary N) is 2. The van der Waals surface area contributed by atoms with E-state index in [9.17, 15) is 13.2 Å². The molecule has 0 bridgehead atoms. The molecule has 1 atom stereocenters. The summed E-state index contributed by atoms with van der Waals surface area (Å²) in [5.41, 5.74) is 1.06. The van der Waals surface area contributed by atoms with E-state index in [2.05, 4.69) is 37.1 Å². The lowest BCUT2D eigenvalue weighted by molar-refractivity contribution is -0.671. The lowest BCUT2D eigenvalue weighted by Crippen LogP contribution is -3.00. The highest BCUT2D eigenvalue weighted by Gasteiger charge is 2.21. The molecule has 11 nitrogen and oxygen atoms in total. The van der Waals surface area contributed by atoms with E-state index in [0.29, 0.717) is 25.3 Å². The third-order valence-corrected chi connectivity index (χ3v) is 10.3. The smallest absolute Gasteiger partial charge is 0.407 e. The summed E-state index contributed by atoms with van der Waals surface area (Å²) >= 11 is 0. The van der Waals surface area contributed by atoms with Gasteiger partial charge in [-0.3, -0.25) is 0 Å². The number of aromatic nitrogens is 5. The van der Waals surface area contributed by atoms with Crippen molar-refractivity contribution in [3.8, 4) is 0 Å². The Morgan fingerprint density at radius 1 is 0.857 bits per heavy atom. The molecular formula is C36H60IN7O4S. The fourth-order valence-electron chi connectivity index (χ4n) is 6.01. The zero-order valence-corrected chi connectivity index (χ0v) is 32.8. The number of unbranched alkanes of at least 4 members (excludes halogenated alkanes) is 15. The number of carbonyl (C=O) groups excluding carboxylic acids is 1. The molecule has 1 amide bonds. The predicted molar refractivity (Wildman–Crippen MR) is 191 cm³/mol. The number of sulfonamides is 1. The molecule has 0 aliphatic heterocycles. The topological polar surface area (TPSA) is 132 Å². The maximum atomic E-state index is 12.9. The fourth-order valence-corrected chi connectivity index (χ4v) is 7.11. The van der Waals surface area contributed by atoms with Gasteiger partial charge in [0.2, 0.25) is 15.5 Å². The molecule has 2 aromatic heterocycles. The second-order valence-corrected chi connectivity index (χ2v) is 14.9. The maximum Gasteiger partial charge on any atom is 0.407 e. The molecule has 13 heteroatoms. The number of para-hydroxylation sites is 1. The van der Waals surface area contributed by atoms with Crippen LogP contribution < -0.4 is 38.6 Å². The van der Waals surface area contributed by atoms with Crippen molar-refractivity contribution >= 4 is 27.0 Å². The number of hydrogen-bond donors (Lipinski definition) is 2. The van der Waals surface area contributed by atoms with Gasteiger partial charge in [0.15, 0.2) is 6.20 Å². The Labute approximate surface area is 311 Å². The predicted octanol–water partition coefficient (Wildman–Crippen LogP) is 3.96. The summed E-state index contributed by atoms with van der Waals surface area (Å²) in [7, 11) is -3.58. The number of tetrazole rings is 1. The highest BCUT2D eigenvalue weighted by Crippen LogP contribution is 2.14. The van der Waals surface area contributed by atoms with Crippen LogP contribution in [-0.2, 0) is 21.3 Å². The Kier molecular flexibility index (Phi) is 22.3. The van der Waals surface area contributed by atoms with Gasteiger partial charge in [-0.05, 0) is 35.9 Å². The van der Waals surface area contributed by atoms with Gasteiger partial charge < -0.3 is 34.0 Å². The number of halogens is 1. The van der Waals surface area contributed by atoms with Crippen molar-refractivity contribution in [3.63, 3.8) is 0 Å². The lowest BCUT2D eigenvalue weighted by atomic mass is 10.0. The SMILES string of the molecule is CCCCCCCCCCCCCCCCCCNC(=O)OCC(CNS(=O)(=O)CCC[n+]1cccc2ccccc21)n1nnnc1C.[I-]. The number of amides is 1. The molecule has 0 radical (unpaired) electrons. The molecule has 0 aliphatic carbocycles. The second kappa shape index (κ2) is 25.5. The highest BCUT2D eigenvalue weighted by atomic mass is 127. The zero-order chi connectivity index (χ0) is 34.3. The summed E-state index contributed by atoms with van der Waals surface area (Å²) in [6, 6.07) is 11.4. The summed E-state index contributed by atoms with van der Waals surface area (Å²) in [6.45, 7) is 5.05. The van der Waals surface area contributed by atoms with Crippen LogP contribution in [0, 0.1) is 6.92 Å². The van der Waals surface area contributed by atoms with Crippen LogP contribution in [0.15, 0.2) is 42.6 Å². The van der Waals surface area contributed by atoms with E-state index in [1.54, 1.807) is 6.92 Å². The summed E-state index contributed by atoms with van der Waals surface area (Å²) in [4.78, 5) is 12.4. The minimum absolute atomic E-state index is 0. The third-order valence-electron chi connectivity index (χ3n) is 8.85. The average molecular weight is 814 g/mol. The number of benzene rings is 1. The molecular weight excluding hydrogens is 753 g/mol. The van der Waals surface area contributed by atoms with Crippen LogP contribution in [0.1, 0.15) is 128 Å². The van der Waals surface area contributed by atoms with Crippen LogP contribution in [0.2, 0.25) is 0 Å². The maximum absolute atomic E-state index is 12.9. The summed E-state index contributed by atoms with van der Waals surface area (Å²) in [6.07, 6.45) is 22.7. The van der Waals surface area contributed by atoms with Gasteiger partial charge in [0, 0.05) is 37.0 Å². The van der Waals surface area contributed by atoms with Crippen molar-refractivity contribution in [2.45, 2.75) is 136 Å². The van der Waals surface area contributed by atoms with E-state index in [0.717, 1.165) is 23.7 Å². The summed E-state index contributed by atoms with van der Waals surface area (Å²) < 4.78 is 37.4. The van der Waals surface area contributed by atoms with Crippen molar-refractivity contribution in [2.75, 3.05) is 25.4 Å². The average Bonchev–Trinajstić information content (AvgIpc) is 3.51. The first-order chi connectivity index (χ1) is 23.4. The first-order valence-electron chi connectivity index (χ1n) is 18.4. The molecule has 1 aromatic carbocycles. The van der Waals surface area contributed by atoms with Crippen molar-refractivity contribution < 1.29 is 46.5 Å². The van der Waals surface area contributed by atoms with Crippen LogP contribution in [0.4, 0.5) is 4.79 Å². The van der Waals surface area contributed by atoms with Gasteiger partial charge in [-0.1, -0.05) is 115 Å². The lowest BCUT2D eigenvalue weighted by Gasteiger charge is -2.18. The number of rotatable bonds is 27. The number of ether oxygens (including phenoxy) is 1. The molecule has 2 heterocycles. The molecule has 0 aliphatic rings. The number of aryl methyl sites for hydroxylation is 2. The van der Waals surface area contributed by atoms with E-state index >= 15 is 0 Å². The number of alkyl carbamates (subject to hydrolysis) is 1. The molecule has 3 rings (SSSR count). The van der Waals surface area contributed by atoms with E-state index < -0.39 is 22.2 Å². The number of nitrogens with zero attached hydrogens (tertiary/aromatic N) is 5. The van der Waals surface area contributed by atoms with Gasteiger partial charge in [-0.2, -0.15) is 4.57 Å². The summed E-state index contributed by atoms with van der Waals surface area (Å²) in [5, 5.41) is 15.5. The number of hydrogen-bond acceptors (Lipinski definition) is 7. The third kappa shape index (κ3) is 17.9. The molecule has 0 spiro atoms. The monoisotopic (exact) mass is 813 g/mol. The Bertz CT molecular complexity index is 1420. The molecule has 3 aromatic rings. The largest absolute Gasteiger partial charge is 1.00 e. The first-order valence-corrected chi connectivity index (χ1v) is 20.0. The van der Waals surface area contributed by atoms with Gasteiger partial charge in [0.1, 0.15) is 25.0 Å². The van der Waals surface area contributed by atoms with E-state index in [1.165, 1.54) is 94.6 Å².